The molecule has 0 aromatic rings. The van der Waals surface area contributed by atoms with Crippen molar-refractivity contribution in [2.24, 2.45) is 17.8 Å². The van der Waals surface area contributed by atoms with Crippen molar-refractivity contribution in [2.45, 2.75) is 46.0 Å². The van der Waals surface area contributed by atoms with Gasteiger partial charge in [-0.25, -0.2) is 0 Å². The van der Waals surface area contributed by atoms with Gasteiger partial charge in [0, 0.05) is 0 Å². The van der Waals surface area contributed by atoms with Gasteiger partial charge in [-0.15, -0.1) is 0 Å². The lowest BCUT2D eigenvalue weighted by Crippen LogP contribution is -2.20. The van der Waals surface area contributed by atoms with E-state index in [1.165, 1.54) is 38.6 Å². The zero-order valence-electron chi connectivity index (χ0n) is 9.47. The Labute approximate surface area is 83.3 Å². The summed E-state index contributed by atoms with van der Waals surface area (Å²) in [6.45, 7) is 6.03. The molecule has 1 N–H and O–H groups in total. The first-order valence-electron chi connectivity index (χ1n) is 5.87. The van der Waals surface area contributed by atoms with E-state index in [0.717, 1.165) is 17.8 Å². The van der Waals surface area contributed by atoms with Crippen molar-refractivity contribution >= 4 is 0 Å². The summed E-state index contributed by atoms with van der Waals surface area (Å²) in [5.74, 6) is 2.97. The molecule has 2 unspecified atom stereocenters. The summed E-state index contributed by atoms with van der Waals surface area (Å²) >= 11 is 0. The van der Waals surface area contributed by atoms with E-state index >= 15 is 0 Å². The van der Waals surface area contributed by atoms with E-state index in [1.54, 1.807) is 0 Å². The minimum absolute atomic E-state index is 0.975. The molecule has 0 aromatic heterocycles. The van der Waals surface area contributed by atoms with Crippen LogP contribution in [0.1, 0.15) is 46.0 Å². The van der Waals surface area contributed by atoms with Crippen LogP contribution in [0.15, 0.2) is 0 Å². The molecule has 0 heterocycles. The first-order chi connectivity index (χ1) is 6.22. The molecule has 1 saturated carbocycles. The Morgan fingerprint density at radius 2 is 1.69 bits per heavy atom. The molecule has 0 aromatic carbocycles. The Kier molecular flexibility index (Phi) is 4.79. The molecule has 0 spiro atoms. The summed E-state index contributed by atoms with van der Waals surface area (Å²) in [5.41, 5.74) is 0. The van der Waals surface area contributed by atoms with E-state index < -0.39 is 0 Å². The molecule has 13 heavy (non-hydrogen) atoms. The third kappa shape index (κ3) is 4.12. The van der Waals surface area contributed by atoms with E-state index in [-0.39, 0.29) is 0 Å². The quantitative estimate of drug-likeness (QED) is 0.661. The lowest BCUT2D eigenvalue weighted by molar-refractivity contribution is 0.207. The maximum atomic E-state index is 3.23. The molecule has 2 atom stereocenters. The van der Waals surface area contributed by atoms with Crippen LogP contribution < -0.4 is 5.32 Å². The van der Waals surface area contributed by atoms with Gasteiger partial charge in [-0.05, 0) is 63.5 Å². The first kappa shape index (κ1) is 11.0. The average Bonchev–Trinajstić information content (AvgIpc) is 2.03. The molecule has 0 bridgehead atoms. The number of nitrogens with one attached hydrogen (secondary N) is 1. The number of hydrogen-bond donors (Lipinski definition) is 1. The maximum absolute atomic E-state index is 3.23. The van der Waals surface area contributed by atoms with E-state index in [9.17, 15) is 0 Å². The molecule has 1 aliphatic rings. The second kappa shape index (κ2) is 5.64. The molecule has 0 amide bonds. The van der Waals surface area contributed by atoms with Crippen LogP contribution in [-0.4, -0.2) is 13.6 Å². The summed E-state index contributed by atoms with van der Waals surface area (Å²) < 4.78 is 0. The van der Waals surface area contributed by atoms with Gasteiger partial charge in [-0.3, -0.25) is 0 Å². The normalized spacial score (nSPS) is 34.8. The standard InChI is InChI=1S/C12H25N/c1-10-7-11(2)9-12(8-10)5-4-6-13-3/h10-13H,4-9H2,1-3H3. The van der Waals surface area contributed by atoms with Crippen molar-refractivity contribution < 1.29 is 0 Å². The molecular weight excluding hydrogens is 158 g/mol. The van der Waals surface area contributed by atoms with Gasteiger partial charge in [0.25, 0.3) is 0 Å². The minimum Gasteiger partial charge on any atom is -0.320 e. The van der Waals surface area contributed by atoms with Gasteiger partial charge >= 0.3 is 0 Å². The SMILES string of the molecule is CNCCCC1CC(C)CC(C)C1. The molecule has 0 saturated heterocycles. The molecule has 0 aliphatic heterocycles. The van der Waals surface area contributed by atoms with Gasteiger partial charge in [0.2, 0.25) is 0 Å². The second-order valence-corrected chi connectivity index (χ2v) is 5.03. The molecule has 1 heteroatoms. The Morgan fingerprint density at radius 1 is 1.08 bits per heavy atom. The zero-order valence-corrected chi connectivity index (χ0v) is 9.47. The highest BCUT2D eigenvalue weighted by atomic mass is 14.8. The van der Waals surface area contributed by atoms with Gasteiger partial charge in [0.1, 0.15) is 0 Å². The Balaban J connectivity index is 2.17. The predicted octanol–water partition coefficient (Wildman–Crippen LogP) is 3.06. The van der Waals surface area contributed by atoms with Crippen molar-refractivity contribution in [1.29, 1.82) is 0 Å². The molecule has 78 valence electrons. The van der Waals surface area contributed by atoms with Crippen LogP contribution in [0.2, 0.25) is 0 Å². The first-order valence-corrected chi connectivity index (χ1v) is 5.87. The molecule has 1 rings (SSSR count). The van der Waals surface area contributed by atoms with Crippen LogP contribution in [-0.2, 0) is 0 Å². The highest BCUT2D eigenvalue weighted by Crippen LogP contribution is 2.34. The molecular formula is C12H25N. The van der Waals surface area contributed by atoms with E-state index in [2.05, 4.69) is 19.2 Å². The van der Waals surface area contributed by atoms with Crippen molar-refractivity contribution in [2.75, 3.05) is 13.6 Å². The lowest BCUT2D eigenvalue weighted by atomic mass is 9.75. The third-order valence-electron chi connectivity index (χ3n) is 3.32. The second-order valence-electron chi connectivity index (χ2n) is 5.03. The average molecular weight is 183 g/mol. The van der Waals surface area contributed by atoms with Gasteiger partial charge in [-0.1, -0.05) is 13.8 Å². The van der Waals surface area contributed by atoms with Crippen LogP contribution in [0.25, 0.3) is 0 Å². The summed E-state index contributed by atoms with van der Waals surface area (Å²) in [6.07, 6.45) is 7.22. The van der Waals surface area contributed by atoms with Crippen LogP contribution in [0.5, 0.6) is 0 Å². The van der Waals surface area contributed by atoms with Gasteiger partial charge in [0.15, 0.2) is 0 Å². The largest absolute Gasteiger partial charge is 0.320 e. The van der Waals surface area contributed by atoms with Crippen molar-refractivity contribution in [3.8, 4) is 0 Å². The summed E-state index contributed by atoms with van der Waals surface area (Å²) in [5, 5.41) is 3.23. The number of rotatable bonds is 4. The van der Waals surface area contributed by atoms with E-state index in [4.69, 9.17) is 0 Å². The fraction of sp³-hybridized carbons (Fsp3) is 1.00. The molecule has 1 aliphatic carbocycles. The monoisotopic (exact) mass is 183 g/mol. The van der Waals surface area contributed by atoms with Crippen molar-refractivity contribution in [3.63, 3.8) is 0 Å². The van der Waals surface area contributed by atoms with Crippen LogP contribution in [0.4, 0.5) is 0 Å². The molecule has 1 fully saturated rings. The van der Waals surface area contributed by atoms with E-state index in [0.29, 0.717) is 0 Å². The highest BCUT2D eigenvalue weighted by molar-refractivity contribution is 4.74. The summed E-state index contributed by atoms with van der Waals surface area (Å²) in [4.78, 5) is 0. The Hall–Kier alpha value is -0.0400. The predicted molar refractivity (Wildman–Crippen MR) is 58.8 cm³/mol. The fourth-order valence-corrected chi connectivity index (χ4v) is 2.92. The van der Waals surface area contributed by atoms with Crippen LogP contribution in [0.3, 0.4) is 0 Å². The van der Waals surface area contributed by atoms with Crippen molar-refractivity contribution in [1.82, 2.24) is 5.32 Å². The number of hydrogen-bond acceptors (Lipinski definition) is 1. The Bertz CT molecular complexity index is 123. The zero-order chi connectivity index (χ0) is 9.68. The minimum atomic E-state index is 0.975. The van der Waals surface area contributed by atoms with Crippen LogP contribution >= 0.6 is 0 Å². The maximum Gasteiger partial charge on any atom is -0.00518 e. The molecule has 1 nitrogen and oxygen atoms in total. The summed E-state index contributed by atoms with van der Waals surface area (Å²) in [7, 11) is 2.05. The van der Waals surface area contributed by atoms with Gasteiger partial charge in [0.05, 0.1) is 0 Å². The van der Waals surface area contributed by atoms with Gasteiger partial charge in [-0.2, -0.15) is 0 Å². The highest BCUT2D eigenvalue weighted by Gasteiger charge is 2.22. The lowest BCUT2D eigenvalue weighted by Gasteiger charge is -2.31. The van der Waals surface area contributed by atoms with E-state index in [1.807, 2.05) is 7.05 Å². The van der Waals surface area contributed by atoms with Crippen molar-refractivity contribution in [3.05, 3.63) is 0 Å². The molecule has 0 radical (unpaired) electrons. The fourth-order valence-electron chi connectivity index (χ4n) is 2.92. The summed E-state index contributed by atoms with van der Waals surface area (Å²) in [6, 6.07) is 0. The topological polar surface area (TPSA) is 12.0 Å². The van der Waals surface area contributed by atoms with Crippen LogP contribution in [0, 0.1) is 17.8 Å². The third-order valence-corrected chi connectivity index (χ3v) is 3.32. The smallest absolute Gasteiger partial charge is 0.00518 e. The Morgan fingerprint density at radius 3 is 2.23 bits per heavy atom. The van der Waals surface area contributed by atoms with Gasteiger partial charge < -0.3 is 5.32 Å².